The van der Waals surface area contributed by atoms with Crippen LogP contribution < -0.4 is 5.32 Å². The summed E-state index contributed by atoms with van der Waals surface area (Å²) in [6.07, 6.45) is 4.40. The van der Waals surface area contributed by atoms with Gasteiger partial charge in [-0.2, -0.15) is 5.10 Å². The van der Waals surface area contributed by atoms with Crippen molar-refractivity contribution in [2.75, 3.05) is 11.9 Å². The van der Waals surface area contributed by atoms with E-state index in [4.69, 9.17) is 0 Å². The lowest BCUT2D eigenvalue weighted by Crippen LogP contribution is -2.47. The van der Waals surface area contributed by atoms with E-state index < -0.39 is 6.04 Å². The summed E-state index contributed by atoms with van der Waals surface area (Å²) in [5, 5.41) is 8.01. The molecule has 4 heterocycles. The molecule has 1 aromatic carbocycles. The van der Waals surface area contributed by atoms with Crippen molar-refractivity contribution in [3.63, 3.8) is 0 Å². The highest BCUT2D eigenvalue weighted by Gasteiger charge is 2.56. The first-order chi connectivity index (χ1) is 18.3. The number of pyridine rings is 1. The molecule has 2 amide bonds. The van der Waals surface area contributed by atoms with Gasteiger partial charge in [0.25, 0.3) is 0 Å². The van der Waals surface area contributed by atoms with Crippen molar-refractivity contribution in [1.82, 2.24) is 29.6 Å². The number of Topliss-reactive ketones (excluding diaryl/α,β-unsaturated/α-hetero) is 1. The molecule has 1 aliphatic carbocycles. The summed E-state index contributed by atoms with van der Waals surface area (Å²) in [4.78, 5) is 53.6. The van der Waals surface area contributed by atoms with Crippen LogP contribution in [-0.4, -0.2) is 59.8 Å². The molecule has 0 unspecified atom stereocenters. The minimum atomic E-state index is -0.560. The van der Waals surface area contributed by atoms with Gasteiger partial charge in [-0.15, -0.1) is 0 Å². The van der Waals surface area contributed by atoms with E-state index in [0.29, 0.717) is 45.3 Å². The number of hydrogen-bond acceptors (Lipinski definition) is 7. The quantitative estimate of drug-likeness (QED) is 0.276. The second-order valence-electron chi connectivity index (χ2n) is 9.80. The largest absolute Gasteiger partial charge is 0.328 e. The van der Waals surface area contributed by atoms with Crippen LogP contribution in [0.2, 0.25) is 0 Å². The molecule has 3 aromatic heterocycles. The number of aromatic nitrogens is 5. The molecule has 3 atom stereocenters. The minimum Gasteiger partial charge on any atom is -0.328 e. The van der Waals surface area contributed by atoms with Crippen LogP contribution >= 0.6 is 15.9 Å². The molecule has 1 saturated heterocycles. The van der Waals surface area contributed by atoms with Crippen LogP contribution in [0.3, 0.4) is 0 Å². The summed E-state index contributed by atoms with van der Waals surface area (Å²) in [7, 11) is 0. The number of halogens is 1. The molecule has 1 aliphatic heterocycles. The predicted octanol–water partition coefficient (Wildman–Crippen LogP) is 3.65. The van der Waals surface area contributed by atoms with Crippen molar-refractivity contribution in [3.05, 3.63) is 64.9 Å². The Morgan fingerprint density at radius 1 is 1.11 bits per heavy atom. The van der Waals surface area contributed by atoms with Crippen molar-refractivity contribution < 1.29 is 14.4 Å². The summed E-state index contributed by atoms with van der Waals surface area (Å²) >= 11 is 3.31. The van der Waals surface area contributed by atoms with Crippen molar-refractivity contribution in [2.45, 2.75) is 32.9 Å². The Labute approximate surface area is 226 Å². The number of ketones is 1. The zero-order valence-corrected chi connectivity index (χ0v) is 22.3. The van der Waals surface area contributed by atoms with E-state index in [1.807, 2.05) is 25.1 Å². The molecule has 4 aromatic rings. The number of aryl methyl sites for hydroxylation is 1. The van der Waals surface area contributed by atoms with Gasteiger partial charge in [-0.25, -0.2) is 15.0 Å². The third-order valence-electron chi connectivity index (χ3n) is 7.19. The van der Waals surface area contributed by atoms with Gasteiger partial charge >= 0.3 is 0 Å². The molecule has 0 bridgehead atoms. The third-order valence-corrected chi connectivity index (χ3v) is 7.63. The highest BCUT2D eigenvalue weighted by molar-refractivity contribution is 9.10. The lowest BCUT2D eigenvalue weighted by Gasteiger charge is -2.26. The Bertz CT molecular complexity index is 1600. The van der Waals surface area contributed by atoms with Gasteiger partial charge in [0.2, 0.25) is 11.8 Å². The number of hydrogen-bond donors (Lipinski definition) is 1. The number of piperidine rings is 1. The van der Waals surface area contributed by atoms with E-state index >= 15 is 0 Å². The van der Waals surface area contributed by atoms with Gasteiger partial charge in [0, 0.05) is 36.8 Å². The number of nitrogens with zero attached hydrogens (tertiary/aromatic N) is 6. The van der Waals surface area contributed by atoms with E-state index in [0.717, 1.165) is 17.5 Å². The molecule has 2 fully saturated rings. The number of nitrogens with one attached hydrogen (secondary N) is 1. The molecule has 0 radical (unpaired) electrons. The number of likely N-dealkylation sites (tertiary alicyclic amines) is 1. The maximum atomic E-state index is 13.5. The van der Waals surface area contributed by atoms with E-state index in [1.165, 1.54) is 6.92 Å². The molecule has 6 rings (SSSR count). The van der Waals surface area contributed by atoms with E-state index in [9.17, 15) is 14.4 Å². The Kier molecular flexibility index (Phi) is 6.02. The number of carbonyl (C=O) groups is 3. The summed E-state index contributed by atoms with van der Waals surface area (Å²) in [5.41, 5.74) is 2.63. The molecule has 38 heavy (non-hydrogen) atoms. The topological polar surface area (TPSA) is 123 Å². The number of anilines is 1. The molecular formula is C27H24BrN7O3. The fourth-order valence-electron chi connectivity index (χ4n) is 5.24. The van der Waals surface area contributed by atoms with Crippen molar-refractivity contribution in [2.24, 2.45) is 11.8 Å². The van der Waals surface area contributed by atoms with Crippen LogP contribution in [0.5, 0.6) is 0 Å². The number of rotatable bonds is 6. The van der Waals surface area contributed by atoms with Gasteiger partial charge in [-0.3, -0.25) is 19.1 Å². The number of amides is 2. The number of carbonyl (C=O) groups excluding carboxylic acids is 3. The van der Waals surface area contributed by atoms with Crippen molar-refractivity contribution in [1.29, 1.82) is 0 Å². The smallest absolute Gasteiger partial charge is 0.248 e. The molecule has 192 valence electrons. The first-order valence-electron chi connectivity index (χ1n) is 12.3. The first-order valence-corrected chi connectivity index (χ1v) is 13.1. The zero-order chi connectivity index (χ0) is 26.6. The Morgan fingerprint density at radius 2 is 1.89 bits per heavy atom. The van der Waals surface area contributed by atoms with Gasteiger partial charge in [0.1, 0.15) is 34.5 Å². The number of fused-ring (bicyclic) bond motifs is 2. The average Bonchev–Trinajstić information content (AvgIpc) is 3.39. The molecule has 1 N–H and O–H groups in total. The van der Waals surface area contributed by atoms with E-state index in [-0.39, 0.29) is 30.1 Å². The lowest BCUT2D eigenvalue weighted by atomic mass is 10.0. The van der Waals surface area contributed by atoms with Crippen LogP contribution in [0.1, 0.15) is 29.7 Å². The molecule has 0 spiro atoms. The number of benzene rings is 1. The Hall–Kier alpha value is -3.99. The second-order valence-corrected chi connectivity index (χ2v) is 10.6. The fraction of sp³-hybridized carbons (Fsp3) is 0.296. The maximum Gasteiger partial charge on any atom is 0.248 e. The average molecular weight is 574 g/mol. The summed E-state index contributed by atoms with van der Waals surface area (Å²) in [6, 6.07) is 10.3. The first kappa shape index (κ1) is 24.4. The van der Waals surface area contributed by atoms with Gasteiger partial charge in [-0.05, 0) is 70.9 Å². The normalized spacial score (nSPS) is 19.9. The third kappa shape index (κ3) is 4.47. The monoisotopic (exact) mass is 573 g/mol. The summed E-state index contributed by atoms with van der Waals surface area (Å²) < 4.78 is 2.17. The Balaban J connectivity index is 1.26. The maximum absolute atomic E-state index is 13.5. The van der Waals surface area contributed by atoms with Crippen molar-refractivity contribution in [3.8, 4) is 11.1 Å². The minimum absolute atomic E-state index is 0.0743. The van der Waals surface area contributed by atoms with Gasteiger partial charge in [-0.1, -0.05) is 12.1 Å². The SMILES string of the molecule is CC(=O)c1nn(CC(=O)N2C[C@H]3C[C@H]3[C@H]2C(=O)Nc2cccc(Br)n2)c2ccc(-c3cnc(C)nc3)cc12. The highest BCUT2D eigenvalue weighted by atomic mass is 79.9. The molecule has 2 aliphatic rings. The van der Waals surface area contributed by atoms with E-state index in [2.05, 4.69) is 41.3 Å². The molecule has 1 saturated carbocycles. The van der Waals surface area contributed by atoms with Gasteiger partial charge < -0.3 is 10.2 Å². The van der Waals surface area contributed by atoms with E-state index in [1.54, 1.807) is 40.2 Å². The van der Waals surface area contributed by atoms with Crippen LogP contribution in [0.15, 0.2) is 53.4 Å². The standard InChI is InChI=1S/C27H24BrN7O3/c1-14(36)25-20-8-16(18-10-29-15(2)30-11-18)6-7-21(20)35(33-25)13-24(37)34-12-17-9-19(17)26(34)27(38)32-23-5-3-4-22(28)31-23/h3-8,10-11,17,19,26H,9,12-13H2,1-2H3,(H,31,32,38)/t17-,19-,26+/m1/s1. The highest BCUT2D eigenvalue weighted by Crippen LogP contribution is 2.50. The van der Waals surface area contributed by atoms with Crippen molar-refractivity contribution >= 4 is 50.2 Å². The molecule has 10 nitrogen and oxygen atoms in total. The molecule has 11 heteroatoms. The zero-order valence-electron chi connectivity index (χ0n) is 20.8. The summed E-state index contributed by atoms with van der Waals surface area (Å²) in [5.74, 6) is 0.924. The van der Waals surface area contributed by atoms with Gasteiger partial charge in [0.05, 0.1) is 5.52 Å². The Morgan fingerprint density at radius 3 is 2.63 bits per heavy atom. The second kappa shape index (κ2) is 9.39. The lowest BCUT2D eigenvalue weighted by molar-refractivity contribution is -0.138. The van der Waals surface area contributed by atoms with Crippen LogP contribution in [0, 0.1) is 18.8 Å². The van der Waals surface area contributed by atoms with Crippen LogP contribution in [-0.2, 0) is 16.1 Å². The fourth-order valence-corrected chi connectivity index (χ4v) is 5.58. The van der Waals surface area contributed by atoms with Crippen LogP contribution in [0.4, 0.5) is 5.82 Å². The predicted molar refractivity (Wildman–Crippen MR) is 143 cm³/mol. The van der Waals surface area contributed by atoms with Crippen LogP contribution in [0.25, 0.3) is 22.0 Å². The van der Waals surface area contributed by atoms with Gasteiger partial charge in [0.15, 0.2) is 5.78 Å². The summed E-state index contributed by atoms with van der Waals surface area (Å²) in [6.45, 7) is 3.73. The molecular weight excluding hydrogens is 550 g/mol.